The Morgan fingerprint density at radius 3 is 2.15 bits per heavy atom. The Balaban J connectivity index is 0.000000367. The highest BCUT2D eigenvalue weighted by Crippen LogP contribution is 2.35. The van der Waals surface area contributed by atoms with Crippen LogP contribution in [-0.4, -0.2) is 75.3 Å². The number of hydrogen-bond acceptors (Lipinski definition) is 4. The standard InChI is InChI=1S/C17H26ClN3.C12H13F3.C4H11N/c1-4-15-7-8-16(19-17(15)18)21-12-9-14(10-13-21)6-5-11-20(2)3;1-3-9-6-5-7-10(8-9)11(4-2)12(13,14)15;1-4-5(2)3/h4,7-8,14H,1,5-6,9-13H2,2-3H3;4-8,11H,2-3H2,1H3;4H2,1-3H3. The minimum Gasteiger partial charge on any atom is -0.357 e. The third-order valence-electron chi connectivity index (χ3n) is 7.18. The zero-order valence-electron chi connectivity index (χ0n) is 25.9. The molecule has 0 amide bonds. The summed E-state index contributed by atoms with van der Waals surface area (Å²) in [5, 5.41) is 0.551. The van der Waals surface area contributed by atoms with E-state index in [1.165, 1.54) is 38.3 Å². The highest BCUT2D eigenvalue weighted by Gasteiger charge is 2.38. The van der Waals surface area contributed by atoms with Crippen molar-refractivity contribution < 1.29 is 13.2 Å². The molecule has 0 bridgehead atoms. The lowest BCUT2D eigenvalue weighted by Crippen LogP contribution is -2.34. The Hall–Kier alpha value is -2.35. The van der Waals surface area contributed by atoms with Crippen LogP contribution in [0.15, 0.2) is 55.6 Å². The van der Waals surface area contributed by atoms with Gasteiger partial charge in [-0.05, 0) is 103 Å². The fourth-order valence-electron chi connectivity index (χ4n) is 4.38. The van der Waals surface area contributed by atoms with Gasteiger partial charge in [0.1, 0.15) is 11.0 Å². The SMILES string of the molecule is C=CC(c1cccc(CC)c1)C(F)(F)F.C=Cc1ccc(N2CCC(CCCN(C)C)CC2)nc1Cl.CCN(C)C. The lowest BCUT2D eigenvalue weighted by Gasteiger charge is -2.33. The molecule has 2 aromatic rings. The van der Waals surface area contributed by atoms with Crippen molar-refractivity contribution in [1.29, 1.82) is 0 Å². The van der Waals surface area contributed by atoms with Gasteiger partial charge in [-0.3, -0.25) is 0 Å². The predicted octanol–water partition coefficient (Wildman–Crippen LogP) is 8.59. The van der Waals surface area contributed by atoms with Crippen LogP contribution in [0.3, 0.4) is 0 Å². The molecular formula is C33H50ClF3N4. The van der Waals surface area contributed by atoms with Crippen LogP contribution in [0.2, 0.25) is 5.15 Å². The van der Waals surface area contributed by atoms with Gasteiger partial charge in [0.05, 0.1) is 5.92 Å². The molecule has 1 atom stereocenters. The van der Waals surface area contributed by atoms with Crippen LogP contribution < -0.4 is 4.90 Å². The summed E-state index contributed by atoms with van der Waals surface area (Å²) in [7, 11) is 8.40. The molecule has 1 aromatic carbocycles. The molecule has 1 unspecified atom stereocenters. The maximum atomic E-state index is 12.6. The highest BCUT2D eigenvalue weighted by molar-refractivity contribution is 6.31. The molecule has 1 aliphatic heterocycles. The first-order chi connectivity index (χ1) is 19.4. The van der Waals surface area contributed by atoms with Crippen molar-refractivity contribution in [3.8, 4) is 0 Å². The largest absolute Gasteiger partial charge is 0.399 e. The summed E-state index contributed by atoms with van der Waals surface area (Å²) in [6, 6.07) is 10.6. The Morgan fingerprint density at radius 2 is 1.68 bits per heavy atom. The molecule has 1 fully saturated rings. The Morgan fingerprint density at radius 1 is 1.05 bits per heavy atom. The molecule has 41 heavy (non-hydrogen) atoms. The molecule has 3 rings (SSSR count). The number of pyridine rings is 1. The second-order valence-corrected chi connectivity index (χ2v) is 11.2. The second-order valence-electron chi connectivity index (χ2n) is 10.9. The van der Waals surface area contributed by atoms with E-state index in [0.29, 0.717) is 5.15 Å². The Kier molecular flexibility index (Phi) is 17.0. The summed E-state index contributed by atoms with van der Waals surface area (Å²) in [5.74, 6) is 0.297. The number of hydrogen-bond donors (Lipinski definition) is 0. The van der Waals surface area contributed by atoms with Gasteiger partial charge in [0, 0.05) is 18.7 Å². The molecule has 2 heterocycles. The Bertz CT molecular complexity index is 1030. The maximum absolute atomic E-state index is 12.6. The van der Waals surface area contributed by atoms with Crippen LogP contribution >= 0.6 is 11.6 Å². The van der Waals surface area contributed by atoms with Crippen molar-refractivity contribution in [1.82, 2.24) is 14.8 Å². The van der Waals surface area contributed by atoms with E-state index >= 15 is 0 Å². The summed E-state index contributed by atoms with van der Waals surface area (Å²) in [5.41, 5.74) is 2.07. The zero-order valence-corrected chi connectivity index (χ0v) is 26.6. The number of rotatable bonds is 10. The van der Waals surface area contributed by atoms with Crippen molar-refractivity contribution in [3.63, 3.8) is 0 Å². The summed E-state index contributed by atoms with van der Waals surface area (Å²) in [6.45, 7) is 15.5. The molecule has 0 spiro atoms. The van der Waals surface area contributed by atoms with Crippen molar-refractivity contribution in [3.05, 3.63) is 77.5 Å². The number of alkyl halides is 3. The highest BCUT2D eigenvalue weighted by atomic mass is 35.5. The number of nitrogens with zero attached hydrogens (tertiary/aromatic N) is 4. The van der Waals surface area contributed by atoms with Gasteiger partial charge in [-0.25, -0.2) is 4.98 Å². The van der Waals surface area contributed by atoms with E-state index in [4.69, 9.17) is 11.6 Å². The summed E-state index contributed by atoms with van der Waals surface area (Å²) in [4.78, 5) is 11.2. The van der Waals surface area contributed by atoms with E-state index in [9.17, 15) is 13.2 Å². The topological polar surface area (TPSA) is 22.6 Å². The number of halogens is 4. The van der Waals surface area contributed by atoms with Gasteiger partial charge >= 0.3 is 6.18 Å². The molecule has 1 saturated heterocycles. The van der Waals surface area contributed by atoms with Gasteiger partial charge in [-0.15, -0.1) is 6.58 Å². The molecule has 1 aliphatic rings. The maximum Gasteiger partial charge on any atom is 0.399 e. The normalized spacial score (nSPS) is 14.6. The van der Waals surface area contributed by atoms with Crippen LogP contribution in [-0.2, 0) is 6.42 Å². The van der Waals surface area contributed by atoms with Crippen molar-refractivity contribution in [2.45, 2.75) is 58.0 Å². The van der Waals surface area contributed by atoms with E-state index in [2.05, 4.69) is 74.0 Å². The number of piperidine rings is 1. The van der Waals surface area contributed by atoms with Crippen LogP contribution in [0.4, 0.5) is 19.0 Å². The number of allylic oxidation sites excluding steroid dienone is 1. The van der Waals surface area contributed by atoms with Gasteiger partial charge < -0.3 is 14.7 Å². The third kappa shape index (κ3) is 13.9. The van der Waals surface area contributed by atoms with Gasteiger partial charge in [0.25, 0.3) is 0 Å². The molecular weight excluding hydrogens is 545 g/mol. The smallest absolute Gasteiger partial charge is 0.357 e. The van der Waals surface area contributed by atoms with Gasteiger partial charge in [0.15, 0.2) is 0 Å². The average molecular weight is 595 g/mol. The summed E-state index contributed by atoms with van der Waals surface area (Å²) < 4.78 is 37.7. The lowest BCUT2D eigenvalue weighted by molar-refractivity contribution is -0.139. The van der Waals surface area contributed by atoms with E-state index in [1.807, 2.05) is 19.1 Å². The number of aromatic nitrogens is 1. The molecule has 4 nitrogen and oxygen atoms in total. The zero-order chi connectivity index (χ0) is 31.0. The molecule has 0 N–H and O–H groups in total. The number of anilines is 1. The minimum atomic E-state index is -4.26. The first kappa shape index (κ1) is 36.7. The summed E-state index contributed by atoms with van der Waals surface area (Å²) in [6.07, 6.45) is 4.33. The first-order valence-corrected chi connectivity index (χ1v) is 14.8. The molecule has 8 heteroatoms. The quantitative estimate of drug-likeness (QED) is 0.203. The van der Waals surface area contributed by atoms with Gasteiger partial charge in [-0.2, -0.15) is 13.2 Å². The number of aryl methyl sites for hydroxylation is 1. The van der Waals surface area contributed by atoms with E-state index in [0.717, 1.165) is 55.0 Å². The minimum absolute atomic E-state index is 0.261. The molecule has 0 saturated carbocycles. The van der Waals surface area contributed by atoms with Crippen LogP contribution in [0, 0.1) is 5.92 Å². The first-order valence-electron chi connectivity index (χ1n) is 14.5. The van der Waals surface area contributed by atoms with Crippen molar-refractivity contribution in [2.24, 2.45) is 5.92 Å². The van der Waals surface area contributed by atoms with Crippen LogP contribution in [0.5, 0.6) is 0 Å². The van der Waals surface area contributed by atoms with Crippen molar-refractivity contribution in [2.75, 3.05) is 59.3 Å². The fraction of sp³-hybridized carbons (Fsp3) is 0.545. The van der Waals surface area contributed by atoms with Crippen molar-refractivity contribution >= 4 is 23.5 Å². The van der Waals surface area contributed by atoms with E-state index < -0.39 is 12.1 Å². The molecule has 0 radical (unpaired) electrons. The predicted molar refractivity (Wildman–Crippen MR) is 171 cm³/mol. The monoisotopic (exact) mass is 594 g/mol. The van der Waals surface area contributed by atoms with Gasteiger partial charge in [0.2, 0.25) is 0 Å². The third-order valence-corrected chi connectivity index (χ3v) is 7.48. The van der Waals surface area contributed by atoms with Crippen LogP contribution in [0.25, 0.3) is 6.08 Å². The fourth-order valence-corrected chi connectivity index (χ4v) is 4.60. The van der Waals surface area contributed by atoms with E-state index in [-0.39, 0.29) is 5.56 Å². The van der Waals surface area contributed by atoms with E-state index in [1.54, 1.807) is 18.2 Å². The lowest BCUT2D eigenvalue weighted by atomic mass is 9.92. The van der Waals surface area contributed by atoms with Gasteiger partial charge in [-0.1, -0.05) is 68.4 Å². The Labute approximate surface area is 251 Å². The summed E-state index contributed by atoms with van der Waals surface area (Å²) >= 11 is 6.16. The van der Waals surface area contributed by atoms with Crippen LogP contribution in [0.1, 0.15) is 62.1 Å². The second kappa shape index (κ2) is 19.0. The molecule has 0 aliphatic carbocycles. The molecule has 230 valence electrons. The average Bonchev–Trinajstić information content (AvgIpc) is 2.93. The molecule has 1 aromatic heterocycles. The number of benzene rings is 1.